The molecule has 4 heterocycles. The Morgan fingerprint density at radius 1 is 1.11 bits per heavy atom. The summed E-state index contributed by atoms with van der Waals surface area (Å²) in [6, 6.07) is 10.2. The normalized spacial score (nSPS) is 13.7. The van der Waals surface area contributed by atoms with Crippen molar-refractivity contribution >= 4 is 11.5 Å². The zero-order valence-electron chi connectivity index (χ0n) is 14.6. The van der Waals surface area contributed by atoms with Crippen LogP contribution in [0.15, 0.2) is 42.6 Å². The molecular formula is C19H18FN7. The summed E-state index contributed by atoms with van der Waals surface area (Å²) in [6.07, 6.45) is 4.96. The maximum Gasteiger partial charge on any atom is 0.157 e. The van der Waals surface area contributed by atoms with Crippen LogP contribution in [0.3, 0.4) is 0 Å². The minimum atomic E-state index is -0.300. The van der Waals surface area contributed by atoms with Gasteiger partial charge in [-0.3, -0.25) is 0 Å². The van der Waals surface area contributed by atoms with Crippen molar-refractivity contribution in [3.63, 3.8) is 0 Å². The first-order valence-electron chi connectivity index (χ1n) is 9.04. The van der Waals surface area contributed by atoms with Gasteiger partial charge in [0.15, 0.2) is 11.5 Å². The number of fused-ring (bicyclic) bond motifs is 2. The van der Waals surface area contributed by atoms with Gasteiger partial charge in [0.1, 0.15) is 17.5 Å². The molecule has 8 heteroatoms. The molecule has 1 aliphatic rings. The zero-order chi connectivity index (χ0) is 18.2. The predicted octanol–water partition coefficient (Wildman–Crippen LogP) is 3.08. The van der Waals surface area contributed by atoms with Crippen LogP contribution < -0.4 is 5.32 Å². The van der Waals surface area contributed by atoms with Crippen LogP contribution in [0.4, 0.5) is 10.2 Å². The second-order valence-corrected chi connectivity index (χ2v) is 6.60. The van der Waals surface area contributed by atoms with Crippen LogP contribution in [0.5, 0.6) is 0 Å². The van der Waals surface area contributed by atoms with Crippen LogP contribution in [0.1, 0.15) is 24.5 Å². The lowest BCUT2D eigenvalue weighted by atomic mass is 10.1. The van der Waals surface area contributed by atoms with E-state index in [1.807, 2.05) is 6.07 Å². The molecule has 0 radical (unpaired) electrons. The number of benzene rings is 1. The minimum Gasteiger partial charge on any atom is -0.363 e. The van der Waals surface area contributed by atoms with E-state index in [-0.39, 0.29) is 5.82 Å². The highest BCUT2D eigenvalue weighted by Crippen LogP contribution is 2.25. The monoisotopic (exact) mass is 363 g/mol. The number of nitrogens with zero attached hydrogens (tertiary/aromatic N) is 6. The lowest BCUT2D eigenvalue weighted by Crippen LogP contribution is -2.16. The molecule has 0 saturated carbocycles. The molecule has 3 aromatic heterocycles. The standard InChI is InChI=1S/C19H18FN7/c20-14-6-2-1-5-13(14)15-11-18(27-16(23-15)8-9-22-27)21-12-19-25-24-17-7-3-4-10-26(17)19/h1-2,5-6,8-9,11,21H,3-4,7,10,12H2. The van der Waals surface area contributed by atoms with E-state index in [9.17, 15) is 4.39 Å². The van der Waals surface area contributed by atoms with Crippen LogP contribution in [-0.2, 0) is 19.5 Å². The van der Waals surface area contributed by atoms with Gasteiger partial charge in [0.25, 0.3) is 0 Å². The second-order valence-electron chi connectivity index (χ2n) is 6.60. The fourth-order valence-corrected chi connectivity index (χ4v) is 3.51. The van der Waals surface area contributed by atoms with Gasteiger partial charge in [-0.05, 0) is 25.0 Å². The van der Waals surface area contributed by atoms with Gasteiger partial charge in [0.05, 0.1) is 18.4 Å². The third kappa shape index (κ3) is 2.83. The molecule has 0 bridgehead atoms. The minimum absolute atomic E-state index is 0.300. The quantitative estimate of drug-likeness (QED) is 0.603. The van der Waals surface area contributed by atoms with E-state index in [2.05, 4.69) is 30.2 Å². The maximum atomic E-state index is 14.2. The van der Waals surface area contributed by atoms with Gasteiger partial charge >= 0.3 is 0 Å². The van der Waals surface area contributed by atoms with Crippen molar-refractivity contribution < 1.29 is 4.39 Å². The molecule has 27 heavy (non-hydrogen) atoms. The molecule has 0 spiro atoms. The Hall–Kier alpha value is -3.29. The molecule has 1 aromatic carbocycles. The molecule has 0 saturated heterocycles. The smallest absolute Gasteiger partial charge is 0.157 e. The van der Waals surface area contributed by atoms with Crippen molar-refractivity contribution in [1.29, 1.82) is 0 Å². The number of aromatic nitrogens is 6. The first-order chi connectivity index (χ1) is 13.3. The van der Waals surface area contributed by atoms with E-state index in [4.69, 9.17) is 0 Å². The Morgan fingerprint density at radius 3 is 2.96 bits per heavy atom. The number of hydrogen-bond donors (Lipinski definition) is 1. The molecule has 0 amide bonds. The molecule has 4 aromatic rings. The van der Waals surface area contributed by atoms with Gasteiger partial charge in [0.2, 0.25) is 0 Å². The van der Waals surface area contributed by atoms with Gasteiger partial charge < -0.3 is 9.88 Å². The topological polar surface area (TPSA) is 72.9 Å². The van der Waals surface area contributed by atoms with Crippen molar-refractivity contribution in [3.05, 3.63) is 60.1 Å². The number of anilines is 1. The average molecular weight is 363 g/mol. The summed E-state index contributed by atoms with van der Waals surface area (Å²) in [6.45, 7) is 1.47. The molecule has 0 atom stereocenters. The molecule has 5 rings (SSSR count). The van der Waals surface area contributed by atoms with Crippen LogP contribution in [0.2, 0.25) is 0 Å². The molecule has 1 N–H and O–H groups in total. The van der Waals surface area contributed by atoms with Crippen molar-refractivity contribution in [3.8, 4) is 11.3 Å². The van der Waals surface area contributed by atoms with Gasteiger partial charge in [-0.1, -0.05) is 12.1 Å². The second kappa shape index (κ2) is 6.46. The molecular weight excluding hydrogens is 345 g/mol. The summed E-state index contributed by atoms with van der Waals surface area (Å²) >= 11 is 0. The van der Waals surface area contributed by atoms with Gasteiger partial charge in [0, 0.05) is 30.7 Å². The zero-order valence-corrected chi connectivity index (χ0v) is 14.6. The lowest BCUT2D eigenvalue weighted by Gasteiger charge is -2.15. The lowest BCUT2D eigenvalue weighted by molar-refractivity contribution is 0.509. The number of aryl methyl sites for hydroxylation is 1. The molecule has 136 valence electrons. The van der Waals surface area contributed by atoms with E-state index < -0.39 is 0 Å². The van der Waals surface area contributed by atoms with E-state index in [0.29, 0.717) is 23.4 Å². The fourth-order valence-electron chi connectivity index (χ4n) is 3.51. The van der Waals surface area contributed by atoms with Crippen molar-refractivity contribution in [2.24, 2.45) is 0 Å². The Bertz CT molecular complexity index is 1110. The summed E-state index contributed by atoms with van der Waals surface area (Å²) in [5, 5.41) is 16.3. The van der Waals surface area contributed by atoms with Crippen molar-refractivity contribution in [2.75, 3.05) is 5.32 Å². The number of hydrogen-bond acceptors (Lipinski definition) is 5. The Balaban J connectivity index is 1.50. The largest absolute Gasteiger partial charge is 0.363 e. The first kappa shape index (κ1) is 15.9. The summed E-state index contributed by atoms with van der Waals surface area (Å²) in [7, 11) is 0. The highest BCUT2D eigenvalue weighted by atomic mass is 19.1. The third-order valence-electron chi connectivity index (χ3n) is 4.87. The van der Waals surface area contributed by atoms with Gasteiger partial charge in [-0.2, -0.15) is 9.61 Å². The van der Waals surface area contributed by atoms with E-state index in [1.54, 1.807) is 35.0 Å². The molecule has 0 unspecified atom stereocenters. The summed E-state index contributed by atoms with van der Waals surface area (Å²) < 4.78 is 18.1. The summed E-state index contributed by atoms with van der Waals surface area (Å²) in [4.78, 5) is 4.53. The number of nitrogens with one attached hydrogen (secondary N) is 1. The first-order valence-corrected chi connectivity index (χ1v) is 9.04. The SMILES string of the molecule is Fc1ccccc1-c1cc(NCc2nnc3n2CCCC3)n2nccc2n1. The summed E-state index contributed by atoms with van der Waals surface area (Å²) in [5.74, 6) is 2.38. The Kier molecular flexibility index (Phi) is 3.81. The van der Waals surface area contributed by atoms with Crippen LogP contribution >= 0.6 is 0 Å². The van der Waals surface area contributed by atoms with Crippen molar-refractivity contribution in [1.82, 2.24) is 29.4 Å². The van der Waals surface area contributed by atoms with E-state index >= 15 is 0 Å². The summed E-state index contributed by atoms with van der Waals surface area (Å²) in [5.41, 5.74) is 1.68. The highest BCUT2D eigenvalue weighted by Gasteiger charge is 2.16. The fraction of sp³-hybridized carbons (Fsp3) is 0.263. The number of rotatable bonds is 4. The van der Waals surface area contributed by atoms with Gasteiger partial charge in [-0.15, -0.1) is 10.2 Å². The van der Waals surface area contributed by atoms with Crippen LogP contribution in [0, 0.1) is 5.82 Å². The highest BCUT2D eigenvalue weighted by molar-refractivity contribution is 5.66. The molecule has 7 nitrogen and oxygen atoms in total. The predicted molar refractivity (Wildman–Crippen MR) is 98.7 cm³/mol. The van der Waals surface area contributed by atoms with Gasteiger partial charge in [-0.25, -0.2) is 9.37 Å². The molecule has 0 fully saturated rings. The number of halogens is 1. The van der Waals surface area contributed by atoms with E-state index in [1.165, 1.54) is 6.07 Å². The molecule has 1 aliphatic heterocycles. The average Bonchev–Trinajstić information content (AvgIpc) is 3.33. The van der Waals surface area contributed by atoms with Crippen LogP contribution in [0.25, 0.3) is 16.9 Å². The molecule has 0 aliphatic carbocycles. The maximum absolute atomic E-state index is 14.2. The third-order valence-corrected chi connectivity index (χ3v) is 4.87. The van der Waals surface area contributed by atoms with E-state index in [0.717, 1.165) is 43.3 Å². The van der Waals surface area contributed by atoms with Crippen LogP contribution in [-0.4, -0.2) is 29.4 Å². The Morgan fingerprint density at radius 2 is 2.04 bits per heavy atom. The Labute approximate surface area is 154 Å². The van der Waals surface area contributed by atoms with Crippen molar-refractivity contribution in [2.45, 2.75) is 32.4 Å².